The van der Waals surface area contributed by atoms with Crippen molar-refractivity contribution in [2.45, 2.75) is 33.1 Å². The first-order valence-electron chi connectivity index (χ1n) is 6.81. The average Bonchev–Trinajstić information content (AvgIpc) is 3.17. The van der Waals surface area contributed by atoms with E-state index in [9.17, 15) is 9.59 Å². The van der Waals surface area contributed by atoms with Crippen LogP contribution in [0.25, 0.3) is 0 Å². The van der Waals surface area contributed by atoms with Crippen LogP contribution in [-0.2, 0) is 9.59 Å². The van der Waals surface area contributed by atoms with Gasteiger partial charge in [0.05, 0.1) is 6.42 Å². The van der Waals surface area contributed by atoms with Gasteiger partial charge in [0, 0.05) is 25.6 Å². The second kappa shape index (κ2) is 7.36. The van der Waals surface area contributed by atoms with Gasteiger partial charge in [-0.05, 0) is 25.9 Å². The fraction of sp³-hybridized carbons (Fsp3) is 0.846. The summed E-state index contributed by atoms with van der Waals surface area (Å²) in [7, 11) is 0. The number of carboxylic acid groups (broad SMARTS) is 1. The molecule has 1 aliphatic carbocycles. The molecule has 0 aliphatic heterocycles. The lowest BCUT2D eigenvalue weighted by molar-refractivity contribution is -0.139. The third kappa shape index (κ3) is 5.04. The van der Waals surface area contributed by atoms with Crippen molar-refractivity contribution in [1.29, 1.82) is 0 Å². The first-order valence-corrected chi connectivity index (χ1v) is 6.81. The Balaban J connectivity index is 2.42. The van der Waals surface area contributed by atoms with E-state index >= 15 is 0 Å². The molecular weight excluding hydrogens is 232 g/mol. The lowest BCUT2D eigenvalue weighted by Crippen LogP contribution is -2.40. The van der Waals surface area contributed by atoms with Crippen LogP contribution < -0.4 is 0 Å². The van der Waals surface area contributed by atoms with Gasteiger partial charge in [0.2, 0.25) is 5.91 Å². The first kappa shape index (κ1) is 15.0. The van der Waals surface area contributed by atoms with E-state index < -0.39 is 5.97 Å². The summed E-state index contributed by atoms with van der Waals surface area (Å²) in [4.78, 5) is 26.6. The zero-order valence-electron chi connectivity index (χ0n) is 11.4. The van der Waals surface area contributed by atoms with E-state index in [0.29, 0.717) is 13.1 Å². The molecule has 0 aromatic heterocycles. The Labute approximate surface area is 109 Å². The van der Waals surface area contributed by atoms with Crippen LogP contribution in [0.1, 0.15) is 33.1 Å². The molecule has 1 saturated carbocycles. The highest BCUT2D eigenvalue weighted by atomic mass is 16.4. The third-order valence-electron chi connectivity index (χ3n) is 3.41. The number of carbonyl (C=O) groups excluding carboxylic acids is 1. The van der Waals surface area contributed by atoms with Gasteiger partial charge in [0.15, 0.2) is 0 Å². The Morgan fingerprint density at radius 2 is 1.72 bits per heavy atom. The molecule has 18 heavy (non-hydrogen) atoms. The Hall–Kier alpha value is -1.10. The van der Waals surface area contributed by atoms with E-state index in [4.69, 9.17) is 5.11 Å². The standard InChI is InChI=1S/C13H24N2O3/c1-3-14(4-2)9-10-15(8-7-12(16)17)13(18)11-5-6-11/h11H,3-10H2,1-2H3,(H,16,17). The lowest BCUT2D eigenvalue weighted by Gasteiger charge is -2.26. The maximum atomic E-state index is 12.0. The zero-order valence-corrected chi connectivity index (χ0v) is 11.4. The van der Waals surface area contributed by atoms with Crippen LogP contribution in [0, 0.1) is 5.92 Å². The van der Waals surface area contributed by atoms with Crippen molar-refractivity contribution in [3.05, 3.63) is 0 Å². The summed E-state index contributed by atoms with van der Waals surface area (Å²) in [6.45, 7) is 7.91. The number of hydrogen-bond acceptors (Lipinski definition) is 3. The second-order valence-corrected chi connectivity index (χ2v) is 4.77. The predicted octanol–water partition coefficient (Wildman–Crippen LogP) is 1.04. The van der Waals surface area contributed by atoms with Crippen LogP contribution in [0.2, 0.25) is 0 Å². The van der Waals surface area contributed by atoms with Gasteiger partial charge in [0.25, 0.3) is 0 Å². The minimum absolute atomic E-state index is 0.0384. The largest absolute Gasteiger partial charge is 0.481 e. The second-order valence-electron chi connectivity index (χ2n) is 4.77. The van der Waals surface area contributed by atoms with Crippen molar-refractivity contribution in [2.75, 3.05) is 32.7 Å². The summed E-state index contributed by atoms with van der Waals surface area (Å²) in [5.74, 6) is -0.537. The molecule has 0 heterocycles. The highest BCUT2D eigenvalue weighted by Gasteiger charge is 2.33. The average molecular weight is 256 g/mol. The van der Waals surface area contributed by atoms with Gasteiger partial charge in [-0.3, -0.25) is 9.59 Å². The Kier molecular flexibility index (Phi) is 6.12. The van der Waals surface area contributed by atoms with Crippen LogP contribution in [0.5, 0.6) is 0 Å². The molecule has 1 N–H and O–H groups in total. The summed E-state index contributed by atoms with van der Waals surface area (Å²) in [5.41, 5.74) is 0. The molecule has 0 aromatic carbocycles. The molecule has 5 heteroatoms. The molecule has 1 amide bonds. The van der Waals surface area contributed by atoms with E-state index in [1.54, 1.807) is 4.90 Å². The Bertz CT molecular complexity index is 286. The molecule has 104 valence electrons. The van der Waals surface area contributed by atoms with Crippen molar-refractivity contribution in [3.8, 4) is 0 Å². The number of nitrogens with zero attached hydrogens (tertiary/aromatic N) is 2. The normalized spacial score (nSPS) is 14.8. The highest BCUT2D eigenvalue weighted by molar-refractivity contribution is 5.81. The Morgan fingerprint density at radius 1 is 1.11 bits per heavy atom. The molecule has 0 aromatic rings. The van der Waals surface area contributed by atoms with Gasteiger partial charge >= 0.3 is 5.97 Å². The molecule has 0 unspecified atom stereocenters. The summed E-state index contributed by atoms with van der Waals surface area (Å²) in [6, 6.07) is 0. The molecule has 0 radical (unpaired) electrons. The smallest absolute Gasteiger partial charge is 0.305 e. The number of rotatable bonds is 9. The van der Waals surface area contributed by atoms with E-state index in [-0.39, 0.29) is 18.2 Å². The van der Waals surface area contributed by atoms with Crippen molar-refractivity contribution in [2.24, 2.45) is 5.92 Å². The topological polar surface area (TPSA) is 60.9 Å². The molecule has 5 nitrogen and oxygen atoms in total. The fourth-order valence-electron chi connectivity index (χ4n) is 1.95. The van der Waals surface area contributed by atoms with Gasteiger partial charge in [0.1, 0.15) is 0 Å². The number of likely N-dealkylation sites (N-methyl/N-ethyl adjacent to an activating group) is 1. The van der Waals surface area contributed by atoms with Gasteiger partial charge in [-0.1, -0.05) is 13.8 Å². The monoisotopic (exact) mass is 256 g/mol. The number of amides is 1. The summed E-state index contributed by atoms with van der Waals surface area (Å²) < 4.78 is 0. The van der Waals surface area contributed by atoms with E-state index in [1.165, 1.54) is 0 Å². The molecule has 0 atom stereocenters. The SMILES string of the molecule is CCN(CC)CCN(CCC(=O)O)C(=O)C1CC1. The highest BCUT2D eigenvalue weighted by Crippen LogP contribution is 2.31. The van der Waals surface area contributed by atoms with Crippen LogP contribution in [0.15, 0.2) is 0 Å². The number of carbonyl (C=O) groups is 2. The van der Waals surface area contributed by atoms with Gasteiger partial charge in [-0.15, -0.1) is 0 Å². The maximum Gasteiger partial charge on any atom is 0.305 e. The van der Waals surface area contributed by atoms with Crippen LogP contribution in [0.3, 0.4) is 0 Å². The molecule has 0 spiro atoms. The van der Waals surface area contributed by atoms with Gasteiger partial charge < -0.3 is 14.9 Å². The Morgan fingerprint density at radius 3 is 2.17 bits per heavy atom. The van der Waals surface area contributed by atoms with Crippen molar-refractivity contribution < 1.29 is 14.7 Å². The van der Waals surface area contributed by atoms with Crippen LogP contribution >= 0.6 is 0 Å². The van der Waals surface area contributed by atoms with Crippen molar-refractivity contribution in [3.63, 3.8) is 0 Å². The molecule has 1 aliphatic rings. The quantitative estimate of drug-likeness (QED) is 0.669. The zero-order chi connectivity index (χ0) is 13.5. The minimum atomic E-state index is -0.841. The number of hydrogen-bond donors (Lipinski definition) is 1. The lowest BCUT2D eigenvalue weighted by atomic mass is 10.3. The van der Waals surface area contributed by atoms with E-state index in [1.807, 2.05) is 0 Å². The third-order valence-corrected chi connectivity index (χ3v) is 3.41. The first-order chi connectivity index (χ1) is 8.58. The molecular formula is C13H24N2O3. The van der Waals surface area contributed by atoms with Crippen molar-refractivity contribution in [1.82, 2.24) is 9.80 Å². The van der Waals surface area contributed by atoms with E-state index in [0.717, 1.165) is 32.5 Å². The number of carboxylic acids is 1. The van der Waals surface area contributed by atoms with Crippen LogP contribution in [-0.4, -0.2) is 59.5 Å². The van der Waals surface area contributed by atoms with Gasteiger partial charge in [-0.2, -0.15) is 0 Å². The molecule has 1 rings (SSSR count). The van der Waals surface area contributed by atoms with Crippen LogP contribution in [0.4, 0.5) is 0 Å². The van der Waals surface area contributed by atoms with Crippen molar-refractivity contribution >= 4 is 11.9 Å². The summed E-state index contributed by atoms with van der Waals surface area (Å²) in [6.07, 6.45) is 1.97. The van der Waals surface area contributed by atoms with Gasteiger partial charge in [-0.25, -0.2) is 0 Å². The number of aliphatic carboxylic acids is 1. The summed E-state index contributed by atoms with van der Waals surface area (Å²) in [5, 5.41) is 8.72. The predicted molar refractivity (Wildman–Crippen MR) is 69.3 cm³/mol. The summed E-state index contributed by atoms with van der Waals surface area (Å²) >= 11 is 0. The maximum absolute atomic E-state index is 12.0. The molecule has 0 saturated heterocycles. The fourth-order valence-corrected chi connectivity index (χ4v) is 1.95. The molecule has 0 bridgehead atoms. The minimum Gasteiger partial charge on any atom is -0.481 e. The molecule has 1 fully saturated rings. The van der Waals surface area contributed by atoms with E-state index in [2.05, 4.69) is 18.7 Å².